The van der Waals surface area contributed by atoms with Crippen molar-refractivity contribution < 1.29 is 33.3 Å². The summed E-state index contributed by atoms with van der Waals surface area (Å²) in [4.78, 5) is 35.4. The van der Waals surface area contributed by atoms with E-state index >= 15 is 0 Å². The minimum absolute atomic E-state index is 0.211. The molecule has 2 rings (SSSR count). The number of carbonyl (C=O) groups is 3. The van der Waals surface area contributed by atoms with Crippen LogP contribution in [0.3, 0.4) is 0 Å². The van der Waals surface area contributed by atoms with Crippen LogP contribution >= 0.6 is 0 Å². The zero-order chi connectivity index (χ0) is 20.5. The van der Waals surface area contributed by atoms with Gasteiger partial charge < -0.3 is 24.3 Å². The molecule has 2 aromatic rings. The summed E-state index contributed by atoms with van der Waals surface area (Å²) in [5, 5.41) is 2.63. The second-order valence-corrected chi connectivity index (χ2v) is 5.64. The van der Waals surface area contributed by atoms with Crippen LogP contribution in [0.5, 0.6) is 11.5 Å². The molecular weight excluding hydrogens is 366 g/mol. The van der Waals surface area contributed by atoms with E-state index in [0.29, 0.717) is 17.1 Å². The summed E-state index contributed by atoms with van der Waals surface area (Å²) in [5.41, 5.74) is 1.41. The summed E-state index contributed by atoms with van der Waals surface area (Å²) in [6.45, 7) is -0.205. The second kappa shape index (κ2) is 9.96. The minimum atomic E-state index is -0.671. The zero-order valence-corrected chi connectivity index (χ0v) is 15.8. The summed E-state index contributed by atoms with van der Waals surface area (Å²) in [7, 11) is 4.24. The molecule has 0 spiro atoms. The minimum Gasteiger partial charge on any atom is -0.497 e. The first-order chi connectivity index (χ1) is 13.5. The number of esters is 2. The van der Waals surface area contributed by atoms with E-state index < -0.39 is 24.5 Å². The van der Waals surface area contributed by atoms with Crippen LogP contribution in [-0.2, 0) is 20.8 Å². The number of ether oxygens (including phenoxy) is 4. The first-order valence-electron chi connectivity index (χ1n) is 8.31. The third-order valence-corrected chi connectivity index (χ3v) is 3.79. The van der Waals surface area contributed by atoms with Gasteiger partial charge in [0.1, 0.15) is 11.5 Å². The molecule has 0 saturated heterocycles. The molecule has 0 aromatic heterocycles. The molecule has 28 heavy (non-hydrogen) atoms. The largest absolute Gasteiger partial charge is 0.497 e. The lowest BCUT2D eigenvalue weighted by atomic mass is 10.1. The number of amides is 1. The van der Waals surface area contributed by atoms with Gasteiger partial charge in [-0.15, -0.1) is 0 Å². The van der Waals surface area contributed by atoms with Crippen molar-refractivity contribution >= 4 is 17.8 Å². The Balaban J connectivity index is 1.85. The highest BCUT2D eigenvalue weighted by atomic mass is 16.5. The number of benzene rings is 2. The van der Waals surface area contributed by atoms with Gasteiger partial charge in [0.2, 0.25) is 0 Å². The lowest BCUT2D eigenvalue weighted by molar-refractivity contribution is -0.124. The quantitative estimate of drug-likeness (QED) is 0.691. The molecule has 0 aliphatic heterocycles. The Hall–Kier alpha value is -3.55. The van der Waals surface area contributed by atoms with Crippen molar-refractivity contribution in [2.75, 3.05) is 27.9 Å². The molecule has 1 N–H and O–H groups in total. The molecule has 1 amide bonds. The van der Waals surface area contributed by atoms with E-state index in [1.165, 1.54) is 33.5 Å². The van der Waals surface area contributed by atoms with Crippen LogP contribution in [0.4, 0.5) is 0 Å². The standard InChI is InChI=1S/C20H21NO7/c1-25-16-8-15(9-17(10-16)26-2)20(24)28-12-18(22)21-11-13-4-6-14(7-5-13)19(23)27-3/h4-10H,11-12H2,1-3H3,(H,21,22). The number of methoxy groups -OCH3 is 3. The molecule has 0 aliphatic rings. The summed E-state index contributed by atoms with van der Waals surface area (Å²) in [6.07, 6.45) is 0. The van der Waals surface area contributed by atoms with E-state index in [1.807, 2.05) is 0 Å². The van der Waals surface area contributed by atoms with Gasteiger partial charge in [-0.2, -0.15) is 0 Å². The lowest BCUT2D eigenvalue weighted by Crippen LogP contribution is -2.28. The van der Waals surface area contributed by atoms with Crippen LogP contribution in [0.15, 0.2) is 42.5 Å². The Kier molecular flexibility index (Phi) is 7.38. The molecule has 148 valence electrons. The van der Waals surface area contributed by atoms with E-state index in [1.54, 1.807) is 30.3 Å². The van der Waals surface area contributed by atoms with Crippen LogP contribution < -0.4 is 14.8 Å². The number of rotatable bonds is 8. The van der Waals surface area contributed by atoms with Gasteiger partial charge in [0.25, 0.3) is 5.91 Å². The first-order valence-corrected chi connectivity index (χ1v) is 8.31. The average Bonchev–Trinajstić information content (AvgIpc) is 2.75. The summed E-state index contributed by atoms with van der Waals surface area (Å²) in [5.74, 6) is -0.691. The molecule has 0 bridgehead atoms. The molecule has 2 aromatic carbocycles. The summed E-state index contributed by atoms with van der Waals surface area (Å²) >= 11 is 0. The third kappa shape index (κ3) is 5.73. The first kappa shape index (κ1) is 20.8. The van der Waals surface area contributed by atoms with Gasteiger partial charge in [-0.25, -0.2) is 9.59 Å². The molecule has 0 saturated carbocycles. The Morgan fingerprint density at radius 2 is 1.43 bits per heavy atom. The van der Waals surface area contributed by atoms with E-state index in [2.05, 4.69) is 10.1 Å². The van der Waals surface area contributed by atoms with Crippen LogP contribution in [0, 0.1) is 0 Å². The highest BCUT2D eigenvalue weighted by Gasteiger charge is 2.13. The van der Waals surface area contributed by atoms with Crippen molar-refractivity contribution in [3.63, 3.8) is 0 Å². The van der Waals surface area contributed by atoms with Gasteiger partial charge in [-0.05, 0) is 29.8 Å². The van der Waals surface area contributed by atoms with E-state index in [0.717, 1.165) is 5.56 Å². The van der Waals surface area contributed by atoms with Gasteiger partial charge in [-0.3, -0.25) is 4.79 Å². The van der Waals surface area contributed by atoms with Crippen LogP contribution in [0.2, 0.25) is 0 Å². The topological polar surface area (TPSA) is 100 Å². The lowest BCUT2D eigenvalue weighted by Gasteiger charge is -2.09. The number of hydrogen-bond donors (Lipinski definition) is 1. The van der Waals surface area contributed by atoms with E-state index in [9.17, 15) is 14.4 Å². The van der Waals surface area contributed by atoms with Crippen molar-refractivity contribution in [1.82, 2.24) is 5.32 Å². The normalized spacial score (nSPS) is 9.96. The predicted molar refractivity (Wildman–Crippen MR) is 99.5 cm³/mol. The maximum atomic E-state index is 12.1. The molecule has 8 heteroatoms. The molecule has 8 nitrogen and oxygen atoms in total. The smallest absolute Gasteiger partial charge is 0.338 e. The van der Waals surface area contributed by atoms with Crippen LogP contribution in [-0.4, -0.2) is 45.8 Å². The van der Waals surface area contributed by atoms with Crippen molar-refractivity contribution in [1.29, 1.82) is 0 Å². The van der Waals surface area contributed by atoms with Crippen molar-refractivity contribution in [2.24, 2.45) is 0 Å². The number of nitrogens with one attached hydrogen (secondary N) is 1. The molecule has 0 unspecified atom stereocenters. The summed E-state index contributed by atoms with van der Waals surface area (Å²) in [6, 6.07) is 11.2. The fourth-order valence-corrected chi connectivity index (χ4v) is 2.27. The number of hydrogen-bond acceptors (Lipinski definition) is 7. The van der Waals surface area contributed by atoms with Gasteiger partial charge in [0.05, 0.1) is 32.5 Å². The predicted octanol–water partition coefficient (Wildman–Crippen LogP) is 1.96. The molecule has 0 aliphatic carbocycles. The van der Waals surface area contributed by atoms with Crippen molar-refractivity contribution in [3.05, 3.63) is 59.2 Å². The highest BCUT2D eigenvalue weighted by Crippen LogP contribution is 2.22. The van der Waals surface area contributed by atoms with Crippen molar-refractivity contribution in [3.8, 4) is 11.5 Å². The van der Waals surface area contributed by atoms with E-state index in [-0.39, 0.29) is 12.1 Å². The molecule has 0 fully saturated rings. The van der Waals surface area contributed by atoms with Gasteiger partial charge >= 0.3 is 11.9 Å². The van der Waals surface area contributed by atoms with E-state index in [4.69, 9.17) is 14.2 Å². The Morgan fingerprint density at radius 3 is 1.96 bits per heavy atom. The van der Waals surface area contributed by atoms with Gasteiger partial charge in [0.15, 0.2) is 6.61 Å². The average molecular weight is 387 g/mol. The molecule has 0 radical (unpaired) electrons. The van der Waals surface area contributed by atoms with Crippen LogP contribution in [0.1, 0.15) is 26.3 Å². The Morgan fingerprint density at radius 1 is 0.821 bits per heavy atom. The zero-order valence-electron chi connectivity index (χ0n) is 15.8. The Bertz CT molecular complexity index is 824. The monoisotopic (exact) mass is 387 g/mol. The number of carbonyl (C=O) groups excluding carboxylic acids is 3. The molecule has 0 atom stereocenters. The molecular formula is C20H21NO7. The summed E-state index contributed by atoms with van der Waals surface area (Å²) < 4.78 is 19.8. The second-order valence-electron chi connectivity index (χ2n) is 5.64. The maximum absolute atomic E-state index is 12.1. The van der Waals surface area contributed by atoms with Gasteiger partial charge in [0, 0.05) is 12.6 Å². The highest BCUT2D eigenvalue weighted by molar-refractivity contribution is 5.92. The Labute approximate surface area is 162 Å². The van der Waals surface area contributed by atoms with Crippen molar-refractivity contribution in [2.45, 2.75) is 6.54 Å². The van der Waals surface area contributed by atoms with Gasteiger partial charge in [-0.1, -0.05) is 12.1 Å². The third-order valence-electron chi connectivity index (χ3n) is 3.79. The molecule has 0 heterocycles. The fraction of sp³-hybridized carbons (Fsp3) is 0.250. The van der Waals surface area contributed by atoms with Crippen LogP contribution in [0.25, 0.3) is 0 Å². The SMILES string of the molecule is COC(=O)c1ccc(CNC(=O)COC(=O)c2cc(OC)cc(OC)c2)cc1. The maximum Gasteiger partial charge on any atom is 0.338 e. The fourth-order valence-electron chi connectivity index (χ4n) is 2.27.